The van der Waals surface area contributed by atoms with Crippen molar-refractivity contribution >= 4 is 28.6 Å². The molecule has 0 unspecified atom stereocenters. The number of nitrogens with zero attached hydrogens (tertiary/aromatic N) is 6. The Morgan fingerprint density at radius 1 is 1.18 bits per heavy atom. The molecule has 2 fully saturated rings. The Hall–Kier alpha value is -2.74. The van der Waals surface area contributed by atoms with E-state index in [-0.39, 0.29) is 0 Å². The van der Waals surface area contributed by atoms with Gasteiger partial charge in [0, 0.05) is 43.4 Å². The van der Waals surface area contributed by atoms with Crippen molar-refractivity contribution in [3.05, 3.63) is 30.9 Å². The lowest BCUT2D eigenvalue weighted by molar-refractivity contribution is -0.0239. The van der Waals surface area contributed by atoms with Gasteiger partial charge in [-0.15, -0.1) is 0 Å². The summed E-state index contributed by atoms with van der Waals surface area (Å²) >= 11 is 0. The van der Waals surface area contributed by atoms with E-state index in [1.807, 2.05) is 18.5 Å². The Balaban J connectivity index is 1.33. The van der Waals surface area contributed by atoms with Crippen molar-refractivity contribution in [3.63, 3.8) is 0 Å². The lowest BCUT2D eigenvalue weighted by Gasteiger charge is -2.51. The standard InChI is InChI=1S/C20H25N7O/c1-14(2)27-13-23-15-9-22-18(8-16(15)27)24-17-4-6-21-19(25-17)26-10-20(11-26)5-3-7-28-12-20/h4,6,8-9,13-14H,3,5,7,10-12H2,1-2H3,(H,21,22,24,25). The van der Waals surface area contributed by atoms with Crippen molar-refractivity contribution in [3.8, 4) is 0 Å². The first-order chi connectivity index (χ1) is 13.6. The van der Waals surface area contributed by atoms with Crippen LogP contribution in [0.2, 0.25) is 0 Å². The highest BCUT2D eigenvalue weighted by Crippen LogP contribution is 2.39. The molecule has 28 heavy (non-hydrogen) atoms. The van der Waals surface area contributed by atoms with E-state index in [9.17, 15) is 0 Å². The Bertz CT molecular complexity index is 985. The smallest absolute Gasteiger partial charge is 0.227 e. The number of rotatable bonds is 4. The number of fused-ring (bicyclic) bond motifs is 1. The van der Waals surface area contributed by atoms with Gasteiger partial charge in [0.2, 0.25) is 5.95 Å². The monoisotopic (exact) mass is 379 g/mol. The summed E-state index contributed by atoms with van der Waals surface area (Å²) in [6, 6.07) is 4.23. The van der Waals surface area contributed by atoms with Gasteiger partial charge >= 0.3 is 0 Å². The summed E-state index contributed by atoms with van der Waals surface area (Å²) in [6.45, 7) is 7.97. The summed E-state index contributed by atoms with van der Waals surface area (Å²) < 4.78 is 7.81. The van der Waals surface area contributed by atoms with Crippen LogP contribution in [-0.2, 0) is 4.74 Å². The largest absolute Gasteiger partial charge is 0.381 e. The van der Waals surface area contributed by atoms with E-state index in [2.05, 4.69) is 43.6 Å². The summed E-state index contributed by atoms with van der Waals surface area (Å²) in [5.74, 6) is 2.25. The molecular formula is C20H25N7O. The predicted molar refractivity (Wildman–Crippen MR) is 108 cm³/mol. The van der Waals surface area contributed by atoms with Crippen LogP contribution in [0, 0.1) is 5.41 Å². The topological polar surface area (TPSA) is 81.0 Å². The lowest BCUT2D eigenvalue weighted by atomic mass is 9.76. The fraction of sp³-hybridized carbons (Fsp3) is 0.500. The maximum absolute atomic E-state index is 5.67. The highest BCUT2D eigenvalue weighted by molar-refractivity contribution is 5.78. The SMILES string of the molecule is CC(C)n1cnc2cnc(Nc3ccnc(N4CC5(CCCOC5)C4)n3)cc21. The molecule has 0 aliphatic carbocycles. The van der Waals surface area contributed by atoms with Gasteiger partial charge in [-0.3, -0.25) is 0 Å². The van der Waals surface area contributed by atoms with E-state index in [1.165, 1.54) is 6.42 Å². The van der Waals surface area contributed by atoms with Crippen LogP contribution in [0.4, 0.5) is 17.6 Å². The number of pyridine rings is 1. The molecule has 5 rings (SSSR count). The molecular weight excluding hydrogens is 354 g/mol. The molecule has 3 aromatic rings. The Kier molecular flexibility index (Phi) is 4.16. The summed E-state index contributed by atoms with van der Waals surface area (Å²) in [5, 5.41) is 3.31. The first kappa shape index (κ1) is 17.4. The molecule has 0 bridgehead atoms. The Morgan fingerprint density at radius 3 is 2.86 bits per heavy atom. The molecule has 3 aromatic heterocycles. The maximum Gasteiger partial charge on any atom is 0.227 e. The molecule has 0 aromatic carbocycles. The average Bonchev–Trinajstić information content (AvgIpc) is 3.10. The zero-order valence-corrected chi connectivity index (χ0v) is 16.3. The van der Waals surface area contributed by atoms with E-state index in [4.69, 9.17) is 9.72 Å². The molecule has 0 atom stereocenters. The maximum atomic E-state index is 5.67. The first-order valence-corrected chi connectivity index (χ1v) is 9.87. The van der Waals surface area contributed by atoms with Crippen LogP contribution in [0.15, 0.2) is 30.9 Å². The highest BCUT2D eigenvalue weighted by atomic mass is 16.5. The second kappa shape index (κ2) is 6.70. The van der Waals surface area contributed by atoms with Crippen molar-refractivity contribution in [1.82, 2.24) is 24.5 Å². The molecule has 2 aliphatic heterocycles. The summed E-state index contributed by atoms with van der Waals surface area (Å²) in [7, 11) is 0. The Morgan fingerprint density at radius 2 is 2.07 bits per heavy atom. The number of anilines is 3. The van der Waals surface area contributed by atoms with Gasteiger partial charge in [0.25, 0.3) is 0 Å². The van der Waals surface area contributed by atoms with Crippen molar-refractivity contribution in [1.29, 1.82) is 0 Å². The van der Waals surface area contributed by atoms with Crippen molar-refractivity contribution in [2.75, 3.05) is 36.5 Å². The van der Waals surface area contributed by atoms with Gasteiger partial charge in [0.05, 0.1) is 24.6 Å². The third kappa shape index (κ3) is 3.07. The summed E-state index contributed by atoms with van der Waals surface area (Å²) in [5.41, 5.74) is 2.25. The molecule has 8 nitrogen and oxygen atoms in total. The minimum atomic E-state index is 0.298. The van der Waals surface area contributed by atoms with Gasteiger partial charge in [0.15, 0.2) is 0 Å². The first-order valence-electron chi connectivity index (χ1n) is 9.87. The minimum Gasteiger partial charge on any atom is -0.381 e. The van der Waals surface area contributed by atoms with Crippen LogP contribution < -0.4 is 10.2 Å². The molecule has 0 amide bonds. The van der Waals surface area contributed by atoms with Gasteiger partial charge in [0.1, 0.15) is 17.2 Å². The van der Waals surface area contributed by atoms with Gasteiger partial charge in [-0.2, -0.15) is 4.98 Å². The van der Waals surface area contributed by atoms with E-state index in [1.54, 1.807) is 12.4 Å². The zero-order chi connectivity index (χ0) is 19.1. The molecule has 0 radical (unpaired) electrons. The second-order valence-corrected chi connectivity index (χ2v) is 8.18. The van der Waals surface area contributed by atoms with E-state index in [0.717, 1.165) is 61.3 Å². The number of aromatic nitrogens is 5. The molecule has 146 valence electrons. The van der Waals surface area contributed by atoms with Crippen LogP contribution in [-0.4, -0.2) is 50.8 Å². The second-order valence-electron chi connectivity index (χ2n) is 8.18. The fourth-order valence-electron chi connectivity index (χ4n) is 4.18. The molecule has 0 saturated carbocycles. The number of imidazole rings is 1. The number of hydrogen-bond acceptors (Lipinski definition) is 7. The lowest BCUT2D eigenvalue weighted by Crippen LogP contribution is -2.60. The molecule has 5 heterocycles. The van der Waals surface area contributed by atoms with Crippen LogP contribution >= 0.6 is 0 Å². The molecule has 1 spiro atoms. The third-order valence-electron chi connectivity index (χ3n) is 5.66. The van der Waals surface area contributed by atoms with Crippen LogP contribution in [0.1, 0.15) is 32.7 Å². The fourth-order valence-corrected chi connectivity index (χ4v) is 4.18. The third-order valence-corrected chi connectivity index (χ3v) is 5.66. The number of nitrogens with one attached hydrogen (secondary N) is 1. The van der Waals surface area contributed by atoms with Crippen LogP contribution in [0.3, 0.4) is 0 Å². The molecule has 2 saturated heterocycles. The Labute approximate surface area is 164 Å². The van der Waals surface area contributed by atoms with Gasteiger partial charge in [-0.25, -0.2) is 15.0 Å². The van der Waals surface area contributed by atoms with Gasteiger partial charge < -0.3 is 19.5 Å². The summed E-state index contributed by atoms with van der Waals surface area (Å²) in [4.78, 5) is 20.3. The van der Waals surface area contributed by atoms with Crippen LogP contribution in [0.5, 0.6) is 0 Å². The molecule has 1 N–H and O–H groups in total. The van der Waals surface area contributed by atoms with Crippen molar-refractivity contribution in [2.45, 2.75) is 32.7 Å². The van der Waals surface area contributed by atoms with Crippen LogP contribution in [0.25, 0.3) is 11.0 Å². The van der Waals surface area contributed by atoms with Gasteiger partial charge in [-0.1, -0.05) is 0 Å². The van der Waals surface area contributed by atoms with Gasteiger partial charge in [-0.05, 0) is 32.8 Å². The normalized spacial score (nSPS) is 18.6. The van der Waals surface area contributed by atoms with Crippen molar-refractivity contribution < 1.29 is 4.74 Å². The molecule has 8 heteroatoms. The minimum absolute atomic E-state index is 0.298. The predicted octanol–water partition coefficient (Wildman–Crippen LogP) is 3.16. The molecule has 2 aliphatic rings. The number of hydrogen-bond donors (Lipinski definition) is 1. The zero-order valence-electron chi connectivity index (χ0n) is 16.3. The van der Waals surface area contributed by atoms with E-state index >= 15 is 0 Å². The van der Waals surface area contributed by atoms with E-state index in [0.29, 0.717) is 11.5 Å². The number of ether oxygens (including phenoxy) is 1. The quantitative estimate of drug-likeness (QED) is 0.746. The van der Waals surface area contributed by atoms with E-state index < -0.39 is 0 Å². The highest BCUT2D eigenvalue weighted by Gasteiger charge is 2.45. The van der Waals surface area contributed by atoms with Crippen molar-refractivity contribution in [2.24, 2.45) is 5.41 Å². The summed E-state index contributed by atoms with van der Waals surface area (Å²) in [6.07, 6.45) is 7.83. The average molecular weight is 379 g/mol.